The van der Waals surface area contributed by atoms with Gasteiger partial charge >= 0.3 is 5.97 Å². The highest BCUT2D eigenvalue weighted by atomic mass is 16.4. The Kier molecular flexibility index (Phi) is 4.40. The van der Waals surface area contributed by atoms with Gasteiger partial charge in [-0.1, -0.05) is 30.3 Å². The first kappa shape index (κ1) is 15.9. The van der Waals surface area contributed by atoms with Gasteiger partial charge in [0.15, 0.2) is 0 Å². The van der Waals surface area contributed by atoms with E-state index < -0.39 is 5.97 Å². The van der Waals surface area contributed by atoms with Crippen molar-refractivity contribution >= 4 is 5.97 Å². The molecular formula is C20H17NO3. The Morgan fingerprint density at radius 2 is 1.79 bits per heavy atom. The molecule has 0 radical (unpaired) electrons. The zero-order valence-corrected chi connectivity index (χ0v) is 13.2. The highest BCUT2D eigenvalue weighted by Gasteiger charge is 2.12. The highest BCUT2D eigenvalue weighted by Crippen LogP contribution is 2.30. The number of pyridine rings is 1. The van der Waals surface area contributed by atoms with E-state index in [2.05, 4.69) is 4.98 Å². The third kappa shape index (κ3) is 3.19. The second kappa shape index (κ2) is 6.64. The fraction of sp³-hybridized carbons (Fsp3) is 0.100. The molecule has 3 aromatic rings. The Labute approximate surface area is 140 Å². The third-order valence-corrected chi connectivity index (χ3v) is 3.89. The number of aliphatic hydroxyl groups is 1. The van der Waals surface area contributed by atoms with E-state index in [1.165, 1.54) is 0 Å². The third-order valence-electron chi connectivity index (χ3n) is 3.89. The zero-order valence-electron chi connectivity index (χ0n) is 13.2. The molecule has 0 unspecified atom stereocenters. The van der Waals surface area contributed by atoms with Crippen LogP contribution in [0.15, 0.2) is 60.8 Å². The maximum atomic E-state index is 11.5. The van der Waals surface area contributed by atoms with Crippen LogP contribution < -0.4 is 0 Å². The van der Waals surface area contributed by atoms with Crippen LogP contribution in [0.25, 0.3) is 22.4 Å². The van der Waals surface area contributed by atoms with Crippen molar-refractivity contribution in [2.45, 2.75) is 13.5 Å². The molecule has 0 amide bonds. The molecule has 24 heavy (non-hydrogen) atoms. The lowest BCUT2D eigenvalue weighted by Crippen LogP contribution is -1.99. The summed E-state index contributed by atoms with van der Waals surface area (Å²) in [7, 11) is 0. The first-order valence-electron chi connectivity index (χ1n) is 7.59. The first-order chi connectivity index (χ1) is 11.6. The quantitative estimate of drug-likeness (QED) is 0.765. The molecule has 0 fully saturated rings. The largest absolute Gasteiger partial charge is 0.478 e. The summed E-state index contributed by atoms with van der Waals surface area (Å²) in [5, 5.41) is 19.0. The molecule has 0 aliphatic rings. The predicted octanol–water partition coefficient (Wildman–Crippen LogP) is 3.91. The summed E-state index contributed by atoms with van der Waals surface area (Å²) < 4.78 is 0. The van der Waals surface area contributed by atoms with Crippen LogP contribution in [0, 0.1) is 6.92 Å². The number of carbonyl (C=O) groups is 1. The van der Waals surface area contributed by atoms with E-state index in [4.69, 9.17) is 0 Å². The first-order valence-corrected chi connectivity index (χ1v) is 7.59. The Hall–Kier alpha value is -2.98. The molecule has 0 saturated carbocycles. The van der Waals surface area contributed by atoms with E-state index in [-0.39, 0.29) is 12.2 Å². The van der Waals surface area contributed by atoms with Crippen LogP contribution in [0.1, 0.15) is 21.5 Å². The number of aromatic nitrogens is 1. The minimum absolute atomic E-state index is 0.106. The molecule has 0 spiro atoms. The number of carboxylic acids is 1. The molecule has 0 aliphatic carbocycles. The van der Waals surface area contributed by atoms with E-state index in [9.17, 15) is 15.0 Å². The van der Waals surface area contributed by atoms with E-state index in [1.807, 2.05) is 49.4 Å². The molecule has 0 atom stereocenters. The molecule has 2 N–H and O–H groups in total. The van der Waals surface area contributed by atoms with Gasteiger partial charge in [0.2, 0.25) is 0 Å². The lowest BCUT2D eigenvalue weighted by atomic mass is 9.95. The number of hydrogen-bond acceptors (Lipinski definition) is 3. The number of rotatable bonds is 4. The second-order valence-corrected chi connectivity index (χ2v) is 5.64. The highest BCUT2D eigenvalue weighted by molar-refractivity contribution is 5.92. The normalized spacial score (nSPS) is 10.6. The zero-order chi connectivity index (χ0) is 17.1. The molecule has 4 heteroatoms. The number of nitrogens with zero attached hydrogens (tertiary/aromatic N) is 1. The van der Waals surface area contributed by atoms with Gasteiger partial charge in [0.1, 0.15) is 0 Å². The minimum atomic E-state index is -0.994. The lowest BCUT2D eigenvalue weighted by molar-refractivity contribution is 0.0697. The summed E-state index contributed by atoms with van der Waals surface area (Å²) in [6.07, 6.45) is 1.75. The topological polar surface area (TPSA) is 70.4 Å². The summed E-state index contributed by atoms with van der Waals surface area (Å²) >= 11 is 0. The molecule has 0 saturated heterocycles. The number of aryl methyl sites for hydroxylation is 1. The van der Waals surface area contributed by atoms with Crippen LogP contribution in [0.3, 0.4) is 0 Å². The molecular weight excluding hydrogens is 302 g/mol. The number of aromatic carboxylic acids is 1. The fourth-order valence-electron chi connectivity index (χ4n) is 2.63. The van der Waals surface area contributed by atoms with Crippen molar-refractivity contribution in [2.24, 2.45) is 0 Å². The van der Waals surface area contributed by atoms with Crippen molar-refractivity contribution in [2.75, 3.05) is 0 Å². The van der Waals surface area contributed by atoms with Crippen molar-refractivity contribution in [3.63, 3.8) is 0 Å². The van der Waals surface area contributed by atoms with Crippen LogP contribution in [0.5, 0.6) is 0 Å². The number of carboxylic acid groups (broad SMARTS) is 1. The van der Waals surface area contributed by atoms with Gasteiger partial charge < -0.3 is 10.2 Å². The van der Waals surface area contributed by atoms with Gasteiger partial charge in [0, 0.05) is 11.8 Å². The molecule has 4 nitrogen and oxygen atoms in total. The molecule has 1 aromatic heterocycles. The van der Waals surface area contributed by atoms with E-state index in [0.29, 0.717) is 5.69 Å². The van der Waals surface area contributed by atoms with Crippen molar-refractivity contribution < 1.29 is 15.0 Å². The monoisotopic (exact) mass is 319 g/mol. The average molecular weight is 319 g/mol. The van der Waals surface area contributed by atoms with Gasteiger partial charge in [-0.2, -0.15) is 0 Å². The number of benzene rings is 2. The molecule has 0 bridgehead atoms. The van der Waals surface area contributed by atoms with Crippen molar-refractivity contribution in [3.05, 3.63) is 77.5 Å². The van der Waals surface area contributed by atoms with E-state index in [0.717, 1.165) is 27.8 Å². The molecule has 1 heterocycles. The Balaban J connectivity index is 2.20. The van der Waals surface area contributed by atoms with Gasteiger partial charge in [0.05, 0.1) is 17.9 Å². The Morgan fingerprint density at radius 1 is 1.04 bits per heavy atom. The minimum Gasteiger partial charge on any atom is -0.478 e. The predicted molar refractivity (Wildman–Crippen MR) is 92.7 cm³/mol. The van der Waals surface area contributed by atoms with Crippen LogP contribution in [0.4, 0.5) is 0 Å². The summed E-state index contributed by atoms with van der Waals surface area (Å²) in [6, 6.07) is 16.4. The smallest absolute Gasteiger partial charge is 0.335 e. The van der Waals surface area contributed by atoms with E-state index in [1.54, 1.807) is 18.3 Å². The fourth-order valence-corrected chi connectivity index (χ4v) is 2.63. The molecule has 2 aromatic carbocycles. The van der Waals surface area contributed by atoms with Crippen molar-refractivity contribution in [1.82, 2.24) is 4.98 Å². The molecule has 3 rings (SSSR count). The SMILES string of the molecule is Cc1ccc(-c2cc(C(=O)O)cc(-c3ccccc3CO)c2)nc1. The maximum Gasteiger partial charge on any atom is 0.335 e. The van der Waals surface area contributed by atoms with Crippen LogP contribution in [-0.2, 0) is 6.61 Å². The summed E-state index contributed by atoms with van der Waals surface area (Å²) in [4.78, 5) is 15.9. The second-order valence-electron chi connectivity index (χ2n) is 5.64. The van der Waals surface area contributed by atoms with Gasteiger partial charge in [0.25, 0.3) is 0 Å². The summed E-state index contributed by atoms with van der Waals surface area (Å²) in [6.45, 7) is 1.85. The Bertz CT molecular complexity index is 886. The van der Waals surface area contributed by atoms with Crippen LogP contribution in [-0.4, -0.2) is 21.2 Å². The van der Waals surface area contributed by atoms with Gasteiger partial charge in [-0.15, -0.1) is 0 Å². The van der Waals surface area contributed by atoms with Crippen molar-refractivity contribution in [1.29, 1.82) is 0 Å². The number of hydrogen-bond donors (Lipinski definition) is 2. The average Bonchev–Trinajstić information content (AvgIpc) is 2.61. The Morgan fingerprint density at radius 3 is 2.46 bits per heavy atom. The standard InChI is InChI=1S/C20H17NO3/c1-13-6-7-19(21-11-13)16-8-15(9-17(10-16)20(23)24)18-5-3-2-4-14(18)12-22/h2-11,22H,12H2,1H3,(H,23,24). The van der Waals surface area contributed by atoms with E-state index >= 15 is 0 Å². The lowest BCUT2D eigenvalue weighted by Gasteiger charge is -2.11. The number of aliphatic hydroxyl groups excluding tert-OH is 1. The summed E-state index contributed by atoms with van der Waals surface area (Å²) in [5.74, 6) is -0.994. The van der Waals surface area contributed by atoms with Crippen LogP contribution >= 0.6 is 0 Å². The molecule has 0 aliphatic heterocycles. The van der Waals surface area contributed by atoms with Gasteiger partial charge in [-0.05, 0) is 53.4 Å². The molecule has 120 valence electrons. The van der Waals surface area contributed by atoms with Crippen molar-refractivity contribution in [3.8, 4) is 22.4 Å². The maximum absolute atomic E-state index is 11.5. The van der Waals surface area contributed by atoms with Gasteiger partial charge in [-0.25, -0.2) is 4.79 Å². The summed E-state index contributed by atoms with van der Waals surface area (Å²) in [5.41, 5.74) is 5.00. The van der Waals surface area contributed by atoms with Gasteiger partial charge in [-0.3, -0.25) is 4.98 Å². The van der Waals surface area contributed by atoms with Crippen LogP contribution in [0.2, 0.25) is 0 Å².